The van der Waals surface area contributed by atoms with Crippen LogP contribution in [0.1, 0.15) is 25.5 Å². The zero-order valence-electron chi connectivity index (χ0n) is 13.3. The van der Waals surface area contributed by atoms with Crippen molar-refractivity contribution in [1.82, 2.24) is 4.98 Å². The third-order valence-corrected chi connectivity index (χ3v) is 4.25. The predicted molar refractivity (Wildman–Crippen MR) is 87.0 cm³/mol. The summed E-state index contributed by atoms with van der Waals surface area (Å²) in [5.41, 5.74) is 1.61. The Hall–Kier alpha value is -2.67. The van der Waals surface area contributed by atoms with Gasteiger partial charge in [0.25, 0.3) is 0 Å². The number of carbonyl (C=O) groups is 1. The van der Waals surface area contributed by atoms with Gasteiger partial charge in [-0.3, -0.25) is 9.69 Å². The van der Waals surface area contributed by atoms with Crippen LogP contribution >= 0.6 is 0 Å². The molecule has 1 aromatic carbocycles. The molecule has 1 aliphatic heterocycles. The monoisotopic (exact) mass is 331 g/mol. The molecule has 0 bridgehead atoms. The largest absolute Gasteiger partial charge is 0.493 e. The van der Waals surface area contributed by atoms with Gasteiger partial charge in [-0.25, -0.2) is 9.37 Å². The zero-order valence-corrected chi connectivity index (χ0v) is 13.3. The van der Waals surface area contributed by atoms with E-state index in [0.29, 0.717) is 16.9 Å². The molecule has 24 heavy (non-hydrogen) atoms. The number of halogens is 1. The molecule has 0 radical (unpaired) electrons. The van der Waals surface area contributed by atoms with E-state index in [1.165, 1.54) is 42.3 Å². The molecule has 0 saturated carbocycles. The number of fused-ring (bicyclic) bond motifs is 1. The first-order valence-corrected chi connectivity index (χ1v) is 7.57. The van der Waals surface area contributed by atoms with Crippen molar-refractivity contribution >= 4 is 17.3 Å². The minimum atomic E-state index is -1.05. The van der Waals surface area contributed by atoms with Crippen LogP contribution in [0.5, 0.6) is 5.88 Å². The van der Waals surface area contributed by atoms with E-state index in [-0.39, 0.29) is 11.8 Å². The average molecular weight is 331 g/mol. The molecule has 0 unspecified atom stereocenters. The molecular formula is C17H18FN3O3. The van der Waals surface area contributed by atoms with Crippen molar-refractivity contribution in [3.63, 3.8) is 0 Å². The molecule has 3 rings (SSSR count). The van der Waals surface area contributed by atoms with Crippen molar-refractivity contribution in [2.75, 3.05) is 10.2 Å². The molecule has 1 aliphatic rings. The lowest BCUT2D eigenvalue weighted by Crippen LogP contribution is -2.50. The molecule has 2 aromatic rings. The first-order chi connectivity index (χ1) is 11.4. The van der Waals surface area contributed by atoms with E-state index in [1.54, 1.807) is 13.0 Å². The van der Waals surface area contributed by atoms with Gasteiger partial charge in [0.05, 0.1) is 11.7 Å². The number of anilines is 2. The van der Waals surface area contributed by atoms with E-state index in [1.807, 2.05) is 0 Å². The van der Waals surface area contributed by atoms with Gasteiger partial charge in [0, 0.05) is 36.4 Å². The molecule has 2 heterocycles. The Morgan fingerprint density at radius 2 is 2.08 bits per heavy atom. The molecule has 0 spiro atoms. The van der Waals surface area contributed by atoms with E-state index < -0.39 is 24.0 Å². The van der Waals surface area contributed by atoms with Crippen molar-refractivity contribution in [3.05, 3.63) is 47.9 Å². The molecule has 0 aliphatic carbocycles. The van der Waals surface area contributed by atoms with Gasteiger partial charge >= 0.3 is 0 Å². The fourth-order valence-electron chi connectivity index (χ4n) is 3.08. The highest BCUT2D eigenvalue weighted by atomic mass is 19.1. The van der Waals surface area contributed by atoms with Crippen molar-refractivity contribution in [1.29, 1.82) is 0 Å². The molecule has 3 N–H and O–H groups in total. The van der Waals surface area contributed by atoms with Crippen LogP contribution in [0.25, 0.3) is 0 Å². The Bertz CT molecular complexity index is 783. The number of nitrogens with one attached hydrogen (secondary N) is 1. The summed E-state index contributed by atoms with van der Waals surface area (Å²) in [6.07, 6.45) is 0.393. The number of rotatable bonds is 2. The number of amides is 1. The van der Waals surface area contributed by atoms with Gasteiger partial charge in [0.1, 0.15) is 12.0 Å². The first-order valence-electron chi connectivity index (χ1n) is 7.57. The summed E-state index contributed by atoms with van der Waals surface area (Å²) in [5.74, 6) is -1.29. The number of aromatic nitrogens is 1. The summed E-state index contributed by atoms with van der Waals surface area (Å²) in [6, 6.07) is 6.76. The second-order valence-electron chi connectivity index (χ2n) is 5.89. The van der Waals surface area contributed by atoms with E-state index in [2.05, 4.69) is 10.3 Å². The second kappa shape index (κ2) is 6.09. The number of pyridine rings is 1. The summed E-state index contributed by atoms with van der Waals surface area (Å²) < 4.78 is 13.8. The van der Waals surface area contributed by atoms with Crippen molar-refractivity contribution < 1.29 is 19.4 Å². The lowest BCUT2D eigenvalue weighted by atomic mass is 9.86. The normalized spacial score (nSPS) is 22.8. The van der Waals surface area contributed by atoms with Gasteiger partial charge in [-0.05, 0) is 24.3 Å². The van der Waals surface area contributed by atoms with Crippen LogP contribution in [-0.4, -0.2) is 27.3 Å². The SMILES string of the molecule is CC(=O)N1c2ccc(F)cc2[C@H](Nc2ccnc(O)c2)[C@@H](C)[C@@H]1O. The smallest absolute Gasteiger partial charge is 0.225 e. The van der Waals surface area contributed by atoms with Gasteiger partial charge in [0.2, 0.25) is 11.8 Å². The lowest BCUT2D eigenvalue weighted by molar-refractivity contribution is -0.119. The van der Waals surface area contributed by atoms with Crippen LogP contribution in [-0.2, 0) is 4.79 Å². The molecule has 0 saturated heterocycles. The summed E-state index contributed by atoms with van der Waals surface area (Å²) in [6.45, 7) is 3.13. The fraction of sp³-hybridized carbons (Fsp3) is 0.294. The second-order valence-corrected chi connectivity index (χ2v) is 5.89. The molecule has 6 nitrogen and oxygen atoms in total. The van der Waals surface area contributed by atoms with Crippen LogP contribution < -0.4 is 10.2 Å². The van der Waals surface area contributed by atoms with E-state index in [9.17, 15) is 19.4 Å². The minimum absolute atomic E-state index is 0.145. The van der Waals surface area contributed by atoms with Crippen molar-refractivity contribution in [2.45, 2.75) is 26.1 Å². The minimum Gasteiger partial charge on any atom is -0.493 e. The van der Waals surface area contributed by atoms with Crippen LogP contribution in [0.15, 0.2) is 36.5 Å². The number of benzene rings is 1. The van der Waals surface area contributed by atoms with Crippen LogP contribution in [0, 0.1) is 11.7 Å². The Morgan fingerprint density at radius 3 is 2.75 bits per heavy atom. The van der Waals surface area contributed by atoms with E-state index in [0.717, 1.165) is 0 Å². The lowest BCUT2D eigenvalue weighted by Gasteiger charge is -2.42. The molecule has 7 heteroatoms. The Labute approximate surface area is 138 Å². The number of hydrogen-bond donors (Lipinski definition) is 3. The summed E-state index contributed by atoms with van der Waals surface area (Å²) in [5, 5.41) is 23.2. The maximum atomic E-state index is 13.8. The molecule has 1 amide bonds. The number of aromatic hydroxyl groups is 1. The number of aliphatic hydroxyl groups is 1. The highest BCUT2D eigenvalue weighted by Gasteiger charge is 2.39. The topological polar surface area (TPSA) is 85.7 Å². The highest BCUT2D eigenvalue weighted by molar-refractivity contribution is 5.93. The third-order valence-electron chi connectivity index (χ3n) is 4.25. The average Bonchev–Trinajstić information content (AvgIpc) is 2.52. The number of nitrogens with zero attached hydrogens (tertiary/aromatic N) is 2. The summed E-state index contributed by atoms with van der Waals surface area (Å²) in [4.78, 5) is 16.9. The molecule has 1 aromatic heterocycles. The molecule has 126 valence electrons. The van der Waals surface area contributed by atoms with Crippen molar-refractivity contribution in [2.24, 2.45) is 5.92 Å². The quantitative estimate of drug-likeness (QED) is 0.787. The third kappa shape index (κ3) is 2.78. The standard InChI is InChI=1S/C17H18FN3O3/c1-9-16(20-12-5-6-19-15(23)8-12)13-7-11(18)3-4-14(13)21(10(2)22)17(9)24/h3-9,16-17,24H,1-2H3,(H2,19,20,23)/t9-,16-,17+/m1/s1. The van der Waals surface area contributed by atoms with Gasteiger partial charge in [0.15, 0.2) is 0 Å². The number of hydrogen-bond acceptors (Lipinski definition) is 5. The van der Waals surface area contributed by atoms with Gasteiger partial charge in [-0.2, -0.15) is 0 Å². The Balaban J connectivity index is 2.07. The number of aliphatic hydroxyl groups excluding tert-OH is 1. The van der Waals surface area contributed by atoms with Crippen LogP contribution in [0.3, 0.4) is 0 Å². The van der Waals surface area contributed by atoms with Gasteiger partial charge in [-0.1, -0.05) is 6.92 Å². The molecule has 3 atom stereocenters. The van der Waals surface area contributed by atoms with E-state index >= 15 is 0 Å². The maximum Gasteiger partial charge on any atom is 0.225 e. The van der Waals surface area contributed by atoms with Crippen LogP contribution in [0.4, 0.5) is 15.8 Å². The Kier molecular flexibility index (Phi) is 4.11. The zero-order chi connectivity index (χ0) is 17.4. The summed E-state index contributed by atoms with van der Waals surface area (Å²) in [7, 11) is 0. The Morgan fingerprint density at radius 1 is 1.33 bits per heavy atom. The van der Waals surface area contributed by atoms with Gasteiger partial charge in [-0.15, -0.1) is 0 Å². The maximum absolute atomic E-state index is 13.8. The van der Waals surface area contributed by atoms with Crippen LogP contribution in [0.2, 0.25) is 0 Å². The number of carbonyl (C=O) groups excluding carboxylic acids is 1. The highest BCUT2D eigenvalue weighted by Crippen LogP contribution is 2.42. The first kappa shape index (κ1) is 16.2. The predicted octanol–water partition coefficient (Wildman–Crippen LogP) is 2.40. The fourth-order valence-corrected chi connectivity index (χ4v) is 3.08. The van der Waals surface area contributed by atoms with E-state index in [4.69, 9.17) is 0 Å². The van der Waals surface area contributed by atoms with Gasteiger partial charge < -0.3 is 15.5 Å². The molecular weight excluding hydrogens is 313 g/mol. The summed E-state index contributed by atoms with van der Waals surface area (Å²) >= 11 is 0. The molecule has 0 fully saturated rings. The van der Waals surface area contributed by atoms with Crippen molar-refractivity contribution in [3.8, 4) is 5.88 Å².